The number of hydrogen-bond donors (Lipinski definition) is 1. The second-order valence-corrected chi connectivity index (χ2v) is 5.18. The van der Waals surface area contributed by atoms with Gasteiger partial charge < -0.3 is 10.1 Å². The Kier molecular flexibility index (Phi) is 4.84. The van der Waals surface area contributed by atoms with Crippen molar-refractivity contribution in [3.05, 3.63) is 58.9 Å². The summed E-state index contributed by atoms with van der Waals surface area (Å²) in [4.78, 5) is 0. The maximum Gasteiger partial charge on any atom is 0.132 e. The van der Waals surface area contributed by atoms with Crippen LogP contribution in [0.5, 0.6) is 5.75 Å². The molecule has 0 amide bonds. The van der Waals surface area contributed by atoms with Crippen molar-refractivity contribution in [1.82, 2.24) is 0 Å². The lowest BCUT2D eigenvalue weighted by molar-refractivity contribution is 0.402. The van der Waals surface area contributed by atoms with E-state index in [1.807, 2.05) is 13.0 Å². The summed E-state index contributed by atoms with van der Waals surface area (Å²) < 4.78 is 19.4. The second kappa shape index (κ2) is 6.61. The van der Waals surface area contributed by atoms with Gasteiger partial charge in [-0.15, -0.1) is 0 Å². The zero-order valence-corrected chi connectivity index (χ0v) is 13.0. The highest BCUT2D eigenvalue weighted by molar-refractivity contribution is 5.59. The van der Waals surface area contributed by atoms with Crippen molar-refractivity contribution in [2.45, 2.75) is 33.2 Å². The van der Waals surface area contributed by atoms with Crippen LogP contribution in [0, 0.1) is 12.7 Å². The molecule has 2 aromatic rings. The molecule has 0 saturated carbocycles. The predicted octanol–water partition coefficient (Wildman–Crippen LogP) is 4.88. The molecule has 1 N–H and O–H groups in total. The number of para-hydroxylation sites is 1. The first kappa shape index (κ1) is 15.4. The number of rotatable bonds is 5. The van der Waals surface area contributed by atoms with E-state index in [0.29, 0.717) is 11.3 Å². The van der Waals surface area contributed by atoms with Gasteiger partial charge >= 0.3 is 0 Å². The average Bonchev–Trinajstić information content (AvgIpc) is 2.48. The fourth-order valence-corrected chi connectivity index (χ4v) is 2.63. The summed E-state index contributed by atoms with van der Waals surface area (Å²) in [7, 11) is 1.57. The summed E-state index contributed by atoms with van der Waals surface area (Å²) in [5.74, 6) is 0.322. The molecule has 0 saturated heterocycles. The smallest absolute Gasteiger partial charge is 0.132 e. The molecule has 1 unspecified atom stereocenters. The first-order valence-electron chi connectivity index (χ1n) is 7.25. The van der Waals surface area contributed by atoms with E-state index in [9.17, 15) is 4.39 Å². The minimum atomic E-state index is -0.249. The van der Waals surface area contributed by atoms with Gasteiger partial charge in [-0.1, -0.05) is 31.2 Å². The number of ether oxygens (including phenoxy) is 1. The van der Waals surface area contributed by atoms with Crippen LogP contribution in [0.1, 0.15) is 36.6 Å². The molecule has 21 heavy (non-hydrogen) atoms. The first-order valence-corrected chi connectivity index (χ1v) is 7.25. The van der Waals surface area contributed by atoms with Gasteiger partial charge in [-0.3, -0.25) is 0 Å². The van der Waals surface area contributed by atoms with Crippen molar-refractivity contribution in [1.29, 1.82) is 0 Å². The number of halogens is 1. The monoisotopic (exact) mass is 287 g/mol. The Bertz CT molecular complexity index is 625. The van der Waals surface area contributed by atoms with E-state index in [1.165, 1.54) is 11.6 Å². The molecular weight excluding hydrogens is 265 g/mol. The van der Waals surface area contributed by atoms with Gasteiger partial charge in [0.15, 0.2) is 0 Å². The van der Waals surface area contributed by atoms with Gasteiger partial charge in [0.05, 0.1) is 18.7 Å². The summed E-state index contributed by atoms with van der Waals surface area (Å²) in [5.41, 5.74) is 4.04. The van der Waals surface area contributed by atoms with Crippen molar-refractivity contribution in [2.24, 2.45) is 0 Å². The Balaban J connectivity index is 2.37. The van der Waals surface area contributed by atoms with E-state index in [1.54, 1.807) is 19.2 Å². The fourth-order valence-electron chi connectivity index (χ4n) is 2.63. The summed E-state index contributed by atoms with van der Waals surface area (Å²) in [5, 5.41) is 3.44. The zero-order valence-electron chi connectivity index (χ0n) is 13.0. The third kappa shape index (κ3) is 3.18. The third-order valence-electron chi connectivity index (χ3n) is 3.77. The topological polar surface area (TPSA) is 21.3 Å². The molecule has 0 heterocycles. The number of benzene rings is 2. The van der Waals surface area contributed by atoms with E-state index >= 15 is 0 Å². The van der Waals surface area contributed by atoms with Crippen LogP contribution in [0.4, 0.5) is 10.1 Å². The number of aryl methyl sites for hydroxylation is 2. The number of nitrogens with one attached hydrogen (secondary N) is 1. The van der Waals surface area contributed by atoms with Crippen LogP contribution in [0.15, 0.2) is 36.4 Å². The van der Waals surface area contributed by atoms with Crippen LogP contribution in [0.2, 0.25) is 0 Å². The minimum Gasteiger partial charge on any atom is -0.496 e. The van der Waals surface area contributed by atoms with E-state index in [2.05, 4.69) is 31.3 Å². The largest absolute Gasteiger partial charge is 0.496 e. The van der Waals surface area contributed by atoms with Crippen molar-refractivity contribution in [2.75, 3.05) is 12.4 Å². The molecule has 0 radical (unpaired) electrons. The SMILES string of the molecule is CCc1cccc(C)c1NC(C)c1c(F)cccc1OC. The van der Waals surface area contributed by atoms with Crippen LogP contribution in [0.25, 0.3) is 0 Å². The van der Waals surface area contributed by atoms with Gasteiger partial charge in [-0.2, -0.15) is 0 Å². The summed E-state index contributed by atoms with van der Waals surface area (Å²) >= 11 is 0. The molecule has 0 aromatic heterocycles. The van der Waals surface area contributed by atoms with Crippen LogP contribution < -0.4 is 10.1 Å². The van der Waals surface area contributed by atoms with Gasteiger partial charge in [-0.05, 0) is 43.5 Å². The third-order valence-corrected chi connectivity index (χ3v) is 3.77. The quantitative estimate of drug-likeness (QED) is 0.846. The van der Waals surface area contributed by atoms with Crippen molar-refractivity contribution < 1.29 is 9.13 Å². The molecule has 112 valence electrons. The maximum atomic E-state index is 14.2. The van der Waals surface area contributed by atoms with E-state index in [-0.39, 0.29) is 11.9 Å². The number of hydrogen-bond acceptors (Lipinski definition) is 2. The normalized spacial score (nSPS) is 12.0. The molecule has 0 aliphatic heterocycles. The predicted molar refractivity (Wildman–Crippen MR) is 85.5 cm³/mol. The van der Waals surface area contributed by atoms with Crippen LogP contribution in [0.3, 0.4) is 0 Å². The number of anilines is 1. The first-order chi connectivity index (χ1) is 10.1. The molecule has 3 heteroatoms. The summed E-state index contributed by atoms with van der Waals surface area (Å²) in [6, 6.07) is 11.0. The zero-order chi connectivity index (χ0) is 15.4. The van der Waals surface area contributed by atoms with Gasteiger partial charge in [0.1, 0.15) is 11.6 Å². The summed E-state index contributed by atoms with van der Waals surface area (Å²) in [6.45, 7) is 6.13. The molecular formula is C18H22FNO. The van der Waals surface area contributed by atoms with E-state index in [4.69, 9.17) is 4.74 Å². The highest BCUT2D eigenvalue weighted by Crippen LogP contribution is 2.32. The molecule has 1 atom stereocenters. The maximum absolute atomic E-state index is 14.2. The van der Waals surface area contributed by atoms with Crippen molar-refractivity contribution >= 4 is 5.69 Å². The number of methoxy groups -OCH3 is 1. The highest BCUT2D eigenvalue weighted by atomic mass is 19.1. The molecule has 0 spiro atoms. The molecule has 0 bridgehead atoms. The van der Waals surface area contributed by atoms with Crippen molar-refractivity contribution in [3.8, 4) is 5.75 Å². The van der Waals surface area contributed by atoms with Gasteiger partial charge in [0.2, 0.25) is 0 Å². The van der Waals surface area contributed by atoms with E-state index < -0.39 is 0 Å². The second-order valence-electron chi connectivity index (χ2n) is 5.18. The minimum absolute atomic E-state index is 0.174. The fraction of sp³-hybridized carbons (Fsp3) is 0.333. The lowest BCUT2D eigenvalue weighted by Crippen LogP contribution is -2.12. The van der Waals surface area contributed by atoms with E-state index in [0.717, 1.165) is 17.7 Å². The highest BCUT2D eigenvalue weighted by Gasteiger charge is 2.17. The Morgan fingerprint density at radius 1 is 1.19 bits per heavy atom. The van der Waals surface area contributed by atoms with Gasteiger partial charge in [0, 0.05) is 5.69 Å². The van der Waals surface area contributed by atoms with Crippen LogP contribution >= 0.6 is 0 Å². The Morgan fingerprint density at radius 3 is 2.57 bits per heavy atom. The molecule has 2 rings (SSSR count). The van der Waals surface area contributed by atoms with Gasteiger partial charge in [-0.25, -0.2) is 4.39 Å². The molecule has 2 nitrogen and oxygen atoms in total. The molecule has 2 aromatic carbocycles. The van der Waals surface area contributed by atoms with Gasteiger partial charge in [0.25, 0.3) is 0 Å². The standard InChI is InChI=1S/C18H22FNO/c1-5-14-9-6-8-12(2)18(14)20-13(3)17-15(19)10-7-11-16(17)21-4/h6-11,13,20H,5H2,1-4H3. The molecule has 0 aliphatic carbocycles. The van der Waals surface area contributed by atoms with Crippen LogP contribution in [-0.2, 0) is 6.42 Å². The van der Waals surface area contributed by atoms with Crippen molar-refractivity contribution in [3.63, 3.8) is 0 Å². The summed E-state index contributed by atoms with van der Waals surface area (Å²) in [6.07, 6.45) is 0.936. The average molecular weight is 287 g/mol. The Labute approximate surface area is 126 Å². The lowest BCUT2D eigenvalue weighted by atomic mass is 10.0. The Hall–Kier alpha value is -2.03. The Morgan fingerprint density at radius 2 is 1.90 bits per heavy atom. The molecule has 0 fully saturated rings. The molecule has 0 aliphatic rings. The lowest BCUT2D eigenvalue weighted by Gasteiger charge is -2.22. The van der Waals surface area contributed by atoms with Crippen LogP contribution in [-0.4, -0.2) is 7.11 Å².